The van der Waals surface area contributed by atoms with Crippen LogP contribution in [0.1, 0.15) is 132 Å². The number of fused-ring (bicyclic) bond motifs is 5. The summed E-state index contributed by atoms with van der Waals surface area (Å²) in [6.07, 6.45) is 9.49. The second kappa shape index (κ2) is 11.4. The summed E-state index contributed by atoms with van der Waals surface area (Å²) in [4.78, 5) is 0. The minimum Gasteiger partial charge on any atom is -0.399 e. The van der Waals surface area contributed by atoms with E-state index in [1.165, 1.54) is 66.4 Å². The first-order valence-corrected chi connectivity index (χ1v) is 17.7. The Morgan fingerprint density at radius 2 is 0.978 bits per heavy atom. The molecule has 2 atom stereocenters. The molecule has 0 N–H and O–H groups in total. The number of allylic oxidation sites excluding steroid dienone is 1. The Morgan fingerprint density at radius 3 is 1.31 bits per heavy atom. The van der Waals surface area contributed by atoms with Crippen molar-refractivity contribution < 1.29 is 18.6 Å². The van der Waals surface area contributed by atoms with E-state index in [-0.39, 0.29) is 42.1 Å². The summed E-state index contributed by atoms with van der Waals surface area (Å²) in [5.74, 6) is 1.00. The van der Waals surface area contributed by atoms with Crippen LogP contribution in [0.5, 0.6) is 0 Å². The molecule has 0 aromatic heterocycles. The molecule has 2 aromatic rings. The third-order valence-electron chi connectivity index (χ3n) is 12.5. The van der Waals surface area contributed by atoms with E-state index in [1.807, 2.05) is 0 Å². The average molecular weight is 610 g/mol. The lowest BCUT2D eigenvalue weighted by Gasteiger charge is -2.46. The molecule has 45 heavy (non-hydrogen) atoms. The van der Waals surface area contributed by atoms with Crippen LogP contribution >= 0.6 is 0 Å². The Morgan fingerprint density at radius 1 is 0.622 bits per heavy atom. The molecule has 2 aromatic carbocycles. The van der Waals surface area contributed by atoms with E-state index in [2.05, 4.69) is 106 Å². The van der Waals surface area contributed by atoms with Gasteiger partial charge in [-0.05, 0) is 126 Å². The summed E-state index contributed by atoms with van der Waals surface area (Å²) >= 11 is 0. The summed E-state index contributed by atoms with van der Waals surface area (Å²) in [6.45, 7) is 26.5. The molecule has 4 nitrogen and oxygen atoms in total. The van der Waals surface area contributed by atoms with E-state index in [4.69, 9.17) is 25.2 Å². The third kappa shape index (κ3) is 5.40. The van der Waals surface area contributed by atoms with Crippen molar-refractivity contribution >= 4 is 25.2 Å². The molecule has 0 bridgehead atoms. The lowest BCUT2D eigenvalue weighted by Crippen LogP contribution is -2.41. The van der Waals surface area contributed by atoms with Gasteiger partial charge in [0, 0.05) is 5.41 Å². The smallest absolute Gasteiger partial charge is 0.399 e. The molecular weight excluding hydrogens is 554 g/mol. The second-order valence-corrected chi connectivity index (χ2v) is 16.5. The summed E-state index contributed by atoms with van der Waals surface area (Å²) < 4.78 is 26.3. The number of unbranched alkanes of at least 4 members (excludes halogenated alkanes) is 2. The van der Waals surface area contributed by atoms with Crippen LogP contribution in [0.15, 0.2) is 48.6 Å². The maximum atomic E-state index is 6.58. The van der Waals surface area contributed by atoms with Crippen molar-refractivity contribution in [2.45, 2.75) is 148 Å². The molecule has 2 heterocycles. The molecule has 2 saturated heterocycles. The average Bonchev–Trinajstić information content (AvgIpc) is 3.46. The van der Waals surface area contributed by atoms with Crippen LogP contribution in [-0.4, -0.2) is 36.6 Å². The van der Waals surface area contributed by atoms with E-state index >= 15 is 0 Å². The fraction of sp³-hybridized carbons (Fsp3) is 0.641. The van der Waals surface area contributed by atoms with E-state index < -0.39 is 0 Å². The van der Waals surface area contributed by atoms with Crippen LogP contribution in [-0.2, 0) is 24.0 Å². The van der Waals surface area contributed by atoms with Gasteiger partial charge in [-0.1, -0.05) is 88.1 Å². The van der Waals surface area contributed by atoms with Gasteiger partial charge in [0.25, 0.3) is 0 Å². The summed E-state index contributed by atoms with van der Waals surface area (Å²) in [5.41, 5.74) is 7.66. The normalized spacial score (nSPS) is 26.8. The van der Waals surface area contributed by atoms with Gasteiger partial charge in [0.2, 0.25) is 0 Å². The molecule has 1 spiro atoms. The Labute approximate surface area is 274 Å². The molecule has 4 aliphatic rings. The van der Waals surface area contributed by atoms with Crippen molar-refractivity contribution in [3.8, 4) is 11.1 Å². The largest absolute Gasteiger partial charge is 0.494 e. The van der Waals surface area contributed by atoms with Crippen LogP contribution in [0, 0.1) is 11.8 Å². The first kappa shape index (κ1) is 33.1. The van der Waals surface area contributed by atoms with Crippen molar-refractivity contribution in [1.29, 1.82) is 0 Å². The van der Waals surface area contributed by atoms with E-state index in [0.29, 0.717) is 11.8 Å². The molecule has 6 rings (SSSR count). The maximum Gasteiger partial charge on any atom is 0.494 e. The van der Waals surface area contributed by atoms with Gasteiger partial charge < -0.3 is 18.6 Å². The number of hydrogen-bond donors (Lipinski definition) is 0. The van der Waals surface area contributed by atoms with Crippen molar-refractivity contribution in [3.05, 3.63) is 59.7 Å². The minimum atomic E-state index is -0.383. The van der Waals surface area contributed by atoms with E-state index in [9.17, 15) is 0 Å². The summed E-state index contributed by atoms with van der Waals surface area (Å²) in [6, 6.07) is 14.0. The van der Waals surface area contributed by atoms with Crippen LogP contribution in [0.2, 0.25) is 0 Å². The Kier molecular flexibility index (Phi) is 8.37. The fourth-order valence-corrected chi connectivity index (χ4v) is 8.22. The highest BCUT2D eigenvalue weighted by molar-refractivity contribution is 6.62. The minimum absolute atomic E-state index is 0.109. The zero-order valence-electron chi connectivity index (χ0n) is 29.8. The second-order valence-electron chi connectivity index (χ2n) is 16.5. The quantitative estimate of drug-likeness (QED) is 0.222. The van der Waals surface area contributed by atoms with Gasteiger partial charge in [-0.2, -0.15) is 0 Å². The lowest BCUT2D eigenvalue weighted by atomic mass is 9.57. The molecule has 242 valence electrons. The van der Waals surface area contributed by atoms with Gasteiger partial charge in [0.1, 0.15) is 0 Å². The van der Waals surface area contributed by atoms with Crippen molar-refractivity contribution in [1.82, 2.24) is 0 Å². The standard InChI is InChI=1S/C39H56B2O4/c1-12-14-16-27-24-39(25-28(26(27)3)17-15-13-2)33-22-29(40-42-35(4,5)36(6,7)43-40)18-20-31(33)32-21-19-30(23-34(32)39)41-44-37(8,9)38(10,11)45-41/h18-23,27-28H,3,12-17,24-25H2,1-2,4-11H3. The number of hydrogen-bond acceptors (Lipinski definition) is 4. The van der Waals surface area contributed by atoms with Crippen molar-refractivity contribution in [2.24, 2.45) is 11.8 Å². The zero-order valence-corrected chi connectivity index (χ0v) is 29.8. The van der Waals surface area contributed by atoms with Crippen molar-refractivity contribution in [3.63, 3.8) is 0 Å². The topological polar surface area (TPSA) is 36.9 Å². The highest BCUT2D eigenvalue weighted by Crippen LogP contribution is 2.60. The molecule has 0 radical (unpaired) electrons. The predicted octanol–water partition coefficient (Wildman–Crippen LogP) is 8.51. The molecule has 2 aliphatic heterocycles. The highest BCUT2D eigenvalue weighted by atomic mass is 16.7. The maximum absolute atomic E-state index is 6.58. The lowest BCUT2D eigenvalue weighted by molar-refractivity contribution is 0.00578. The summed E-state index contributed by atoms with van der Waals surface area (Å²) in [7, 11) is -0.765. The zero-order chi connectivity index (χ0) is 32.6. The number of rotatable bonds is 8. The van der Waals surface area contributed by atoms with Crippen LogP contribution in [0.25, 0.3) is 11.1 Å². The third-order valence-corrected chi connectivity index (χ3v) is 12.5. The van der Waals surface area contributed by atoms with Crippen molar-refractivity contribution in [2.75, 3.05) is 0 Å². The Hall–Kier alpha value is -1.85. The monoisotopic (exact) mass is 610 g/mol. The molecule has 0 amide bonds. The predicted molar refractivity (Wildman–Crippen MR) is 188 cm³/mol. The van der Waals surface area contributed by atoms with Gasteiger partial charge in [0.05, 0.1) is 22.4 Å². The SMILES string of the molecule is C=C1C(CCCC)CC2(CC1CCCC)c1cc(B3OC(C)(C)C(C)(C)O3)ccc1-c1ccc(B3OC(C)(C)C(C)(C)O3)cc12. The molecule has 6 heteroatoms. The number of benzene rings is 2. The molecule has 3 fully saturated rings. The first-order valence-electron chi connectivity index (χ1n) is 17.7. The first-order chi connectivity index (χ1) is 21.1. The van der Waals surface area contributed by atoms with Gasteiger partial charge in [-0.3, -0.25) is 0 Å². The van der Waals surface area contributed by atoms with Gasteiger partial charge in [-0.15, -0.1) is 0 Å². The van der Waals surface area contributed by atoms with E-state index in [0.717, 1.165) is 23.8 Å². The van der Waals surface area contributed by atoms with E-state index in [1.54, 1.807) is 0 Å². The molecule has 2 unspecified atom stereocenters. The van der Waals surface area contributed by atoms with Crippen LogP contribution in [0.3, 0.4) is 0 Å². The molecule has 2 aliphatic carbocycles. The van der Waals surface area contributed by atoms with Gasteiger partial charge in [0.15, 0.2) is 0 Å². The van der Waals surface area contributed by atoms with Crippen LogP contribution < -0.4 is 10.9 Å². The Balaban J connectivity index is 1.49. The van der Waals surface area contributed by atoms with Crippen LogP contribution in [0.4, 0.5) is 0 Å². The highest BCUT2D eigenvalue weighted by Gasteiger charge is 2.55. The molecule has 1 saturated carbocycles. The van der Waals surface area contributed by atoms with Gasteiger partial charge in [-0.25, -0.2) is 0 Å². The fourth-order valence-electron chi connectivity index (χ4n) is 8.22. The Bertz CT molecular complexity index is 1320. The molecular formula is C39H56B2O4. The summed E-state index contributed by atoms with van der Waals surface area (Å²) in [5, 5.41) is 0. The van der Waals surface area contributed by atoms with Gasteiger partial charge >= 0.3 is 14.2 Å².